The molecule has 6 rings (SSSR count). The van der Waals surface area contributed by atoms with E-state index in [1.165, 1.54) is 11.1 Å². The van der Waals surface area contributed by atoms with Gasteiger partial charge >= 0.3 is 0 Å². The third-order valence-electron chi connectivity index (χ3n) is 7.41. The molecule has 2 aliphatic carbocycles. The number of benzene rings is 2. The summed E-state index contributed by atoms with van der Waals surface area (Å²) in [4.78, 5) is 13.4. The van der Waals surface area contributed by atoms with Crippen LogP contribution in [0.5, 0.6) is 0 Å². The van der Waals surface area contributed by atoms with Crippen molar-refractivity contribution in [2.45, 2.75) is 62.4 Å². The summed E-state index contributed by atoms with van der Waals surface area (Å²) in [5.41, 5.74) is 3.97. The third kappa shape index (κ3) is 2.47. The Kier molecular flexibility index (Phi) is 3.88. The highest BCUT2D eigenvalue weighted by Gasteiger charge is 2.68. The van der Waals surface area contributed by atoms with Gasteiger partial charge in [-0.05, 0) is 47.9 Å². The standard InChI is InChI=1S/C26H26O3/c27-23-17-20-11-6-7-15-25(20)28-24(23)26(29-25)21(16-18-8-2-1-3-9-18)14-13-19-10-4-5-12-22(19)26/h1-5,8-10,12,16,20,24H,6-7,11,13-15,17H2/b21-16+/t20-,24+,25+,26?/m1/s1. The number of hydrogen-bond acceptors (Lipinski definition) is 3. The molecule has 3 heteroatoms. The lowest BCUT2D eigenvalue weighted by atomic mass is 9.70. The molecule has 2 bridgehead atoms. The number of ether oxygens (including phenoxy) is 2. The Morgan fingerprint density at radius 2 is 1.79 bits per heavy atom. The molecular weight excluding hydrogens is 360 g/mol. The summed E-state index contributed by atoms with van der Waals surface area (Å²) in [5.74, 6) is -0.205. The van der Waals surface area contributed by atoms with E-state index in [2.05, 4.69) is 54.6 Å². The zero-order valence-electron chi connectivity index (χ0n) is 16.6. The second kappa shape index (κ2) is 6.38. The molecule has 2 aromatic carbocycles. The van der Waals surface area contributed by atoms with Gasteiger partial charge in [0.05, 0.1) is 0 Å². The van der Waals surface area contributed by atoms with E-state index in [-0.39, 0.29) is 11.7 Å². The van der Waals surface area contributed by atoms with Crippen molar-refractivity contribution in [3.05, 3.63) is 76.9 Å². The van der Waals surface area contributed by atoms with E-state index in [1.54, 1.807) is 0 Å². The second-order valence-electron chi connectivity index (χ2n) is 9.00. The summed E-state index contributed by atoms with van der Waals surface area (Å²) in [5, 5.41) is 0. The zero-order valence-corrected chi connectivity index (χ0v) is 16.6. The molecule has 2 saturated heterocycles. The molecule has 29 heavy (non-hydrogen) atoms. The highest BCUT2D eigenvalue weighted by molar-refractivity contribution is 5.88. The van der Waals surface area contributed by atoms with Crippen LogP contribution in [0.4, 0.5) is 0 Å². The zero-order chi connectivity index (χ0) is 19.5. The molecule has 0 radical (unpaired) electrons. The Labute approximate surface area is 171 Å². The largest absolute Gasteiger partial charge is 0.335 e. The number of ketones is 1. The quantitative estimate of drug-likeness (QED) is 0.677. The highest BCUT2D eigenvalue weighted by atomic mass is 16.8. The van der Waals surface area contributed by atoms with Crippen molar-refractivity contribution in [1.29, 1.82) is 0 Å². The number of fused-ring (bicyclic) bond motifs is 4. The molecular formula is C26H26O3. The highest BCUT2D eigenvalue weighted by Crippen LogP contribution is 2.61. The summed E-state index contributed by atoms with van der Waals surface area (Å²) in [6, 6.07) is 18.9. The molecule has 0 amide bonds. The maximum absolute atomic E-state index is 13.4. The Morgan fingerprint density at radius 3 is 2.69 bits per heavy atom. The Bertz CT molecular complexity index is 994. The SMILES string of the molecule is O=C1C[C@H]2CCCC[C@@]23O[C@@H]1C1(O3)/C(=C/c2ccccc2)CCc2ccccc21. The van der Waals surface area contributed by atoms with Gasteiger partial charge < -0.3 is 9.47 Å². The first-order valence-electron chi connectivity index (χ1n) is 11.0. The average molecular weight is 386 g/mol. The van der Waals surface area contributed by atoms with Crippen molar-refractivity contribution < 1.29 is 14.3 Å². The van der Waals surface area contributed by atoms with Crippen LogP contribution in [0.1, 0.15) is 55.2 Å². The minimum absolute atomic E-state index is 0.187. The predicted molar refractivity (Wildman–Crippen MR) is 111 cm³/mol. The van der Waals surface area contributed by atoms with E-state index in [0.29, 0.717) is 6.42 Å². The predicted octanol–water partition coefficient (Wildman–Crippen LogP) is 5.19. The van der Waals surface area contributed by atoms with E-state index in [4.69, 9.17) is 9.47 Å². The molecule has 1 saturated carbocycles. The number of rotatable bonds is 1. The minimum Gasteiger partial charge on any atom is -0.335 e. The maximum atomic E-state index is 13.4. The first-order chi connectivity index (χ1) is 14.2. The summed E-state index contributed by atoms with van der Waals surface area (Å²) in [7, 11) is 0. The Morgan fingerprint density at radius 1 is 0.966 bits per heavy atom. The molecule has 2 aliphatic heterocycles. The van der Waals surface area contributed by atoms with E-state index in [9.17, 15) is 4.79 Å². The van der Waals surface area contributed by atoms with Crippen LogP contribution in [-0.4, -0.2) is 17.7 Å². The van der Waals surface area contributed by atoms with Crippen LogP contribution in [0.3, 0.4) is 0 Å². The lowest BCUT2D eigenvalue weighted by Gasteiger charge is -2.42. The van der Waals surface area contributed by atoms with Crippen molar-refractivity contribution in [1.82, 2.24) is 0 Å². The molecule has 2 heterocycles. The monoisotopic (exact) mass is 386 g/mol. The van der Waals surface area contributed by atoms with Gasteiger partial charge in [0, 0.05) is 18.8 Å². The number of hydrogen-bond donors (Lipinski definition) is 0. The molecule has 148 valence electrons. The van der Waals surface area contributed by atoms with Crippen LogP contribution >= 0.6 is 0 Å². The topological polar surface area (TPSA) is 35.5 Å². The number of carbonyl (C=O) groups is 1. The molecule has 2 spiro atoms. The molecule has 4 aliphatic rings. The first-order valence-corrected chi connectivity index (χ1v) is 11.0. The van der Waals surface area contributed by atoms with E-state index < -0.39 is 17.5 Å². The molecule has 3 nitrogen and oxygen atoms in total. The minimum atomic E-state index is -0.784. The lowest BCUT2D eigenvalue weighted by molar-refractivity contribution is -0.245. The summed E-state index contributed by atoms with van der Waals surface area (Å²) >= 11 is 0. The molecule has 0 N–H and O–H groups in total. The van der Waals surface area contributed by atoms with Gasteiger partial charge in [0.1, 0.15) is 0 Å². The summed E-state index contributed by atoms with van der Waals surface area (Å²) in [6.07, 6.45) is 8.33. The van der Waals surface area contributed by atoms with E-state index >= 15 is 0 Å². The van der Waals surface area contributed by atoms with Gasteiger partial charge in [-0.3, -0.25) is 4.79 Å². The fourth-order valence-electron chi connectivity index (χ4n) is 6.10. The van der Waals surface area contributed by atoms with Gasteiger partial charge in [-0.2, -0.15) is 0 Å². The fourth-order valence-corrected chi connectivity index (χ4v) is 6.10. The maximum Gasteiger partial charge on any atom is 0.174 e. The van der Waals surface area contributed by atoms with Crippen molar-refractivity contribution in [2.75, 3.05) is 0 Å². The van der Waals surface area contributed by atoms with Crippen molar-refractivity contribution in [3.63, 3.8) is 0 Å². The van der Waals surface area contributed by atoms with Crippen molar-refractivity contribution in [2.24, 2.45) is 5.92 Å². The van der Waals surface area contributed by atoms with Crippen LogP contribution in [0.25, 0.3) is 6.08 Å². The van der Waals surface area contributed by atoms with Crippen LogP contribution in [-0.2, 0) is 26.3 Å². The second-order valence-corrected chi connectivity index (χ2v) is 9.00. The van der Waals surface area contributed by atoms with Crippen molar-refractivity contribution in [3.8, 4) is 0 Å². The molecule has 2 aromatic rings. The van der Waals surface area contributed by atoms with Crippen LogP contribution in [0.15, 0.2) is 60.2 Å². The van der Waals surface area contributed by atoms with E-state index in [0.717, 1.165) is 49.7 Å². The number of Topliss-reactive ketones (excluding diaryl/α,β-unsaturated/α-hetero) is 1. The molecule has 1 unspecified atom stereocenters. The Balaban J connectivity index is 1.57. The van der Waals surface area contributed by atoms with Gasteiger partial charge in [-0.25, -0.2) is 0 Å². The van der Waals surface area contributed by atoms with Crippen molar-refractivity contribution >= 4 is 11.9 Å². The molecule has 3 fully saturated rings. The lowest BCUT2D eigenvalue weighted by Crippen LogP contribution is -2.49. The van der Waals surface area contributed by atoms with Gasteiger partial charge in [-0.1, -0.05) is 67.1 Å². The number of aryl methyl sites for hydroxylation is 1. The molecule has 4 atom stereocenters. The molecule has 0 aromatic heterocycles. The Hall–Kier alpha value is -2.23. The van der Waals surface area contributed by atoms with Crippen LogP contribution < -0.4 is 0 Å². The number of carbonyl (C=O) groups excluding carboxylic acids is 1. The normalized spacial score (nSPS) is 36.8. The van der Waals surface area contributed by atoms with Crippen LogP contribution in [0, 0.1) is 5.92 Å². The van der Waals surface area contributed by atoms with Gasteiger partial charge in [0.25, 0.3) is 0 Å². The average Bonchev–Trinajstić information content (AvgIpc) is 3.04. The summed E-state index contributed by atoms with van der Waals surface area (Å²) < 4.78 is 13.7. The third-order valence-corrected chi connectivity index (χ3v) is 7.41. The van der Waals surface area contributed by atoms with Gasteiger partial charge in [0.2, 0.25) is 0 Å². The van der Waals surface area contributed by atoms with Gasteiger partial charge in [0.15, 0.2) is 23.3 Å². The summed E-state index contributed by atoms with van der Waals surface area (Å²) in [6.45, 7) is 0. The smallest absolute Gasteiger partial charge is 0.174 e. The van der Waals surface area contributed by atoms with Crippen LogP contribution in [0.2, 0.25) is 0 Å². The van der Waals surface area contributed by atoms with E-state index in [1.807, 2.05) is 6.07 Å². The first kappa shape index (κ1) is 17.6. The fraction of sp³-hybridized carbons (Fsp3) is 0.423. The van der Waals surface area contributed by atoms with Gasteiger partial charge in [-0.15, -0.1) is 0 Å².